The van der Waals surface area contributed by atoms with Gasteiger partial charge in [-0.2, -0.15) is 0 Å². The molecule has 2 rings (SSSR count). The molecule has 0 aliphatic carbocycles. The lowest BCUT2D eigenvalue weighted by Gasteiger charge is -2.23. The fraction of sp³-hybridized carbons (Fsp3) is 0.333. The molecule has 0 aromatic heterocycles. The second-order valence-electron chi connectivity index (χ2n) is 5.41. The first kappa shape index (κ1) is 15.9. The van der Waals surface area contributed by atoms with Crippen LogP contribution in [0.15, 0.2) is 42.5 Å². The van der Waals surface area contributed by atoms with Gasteiger partial charge < -0.3 is 10.1 Å². The molecule has 3 heteroatoms. The van der Waals surface area contributed by atoms with Crippen LogP contribution in [0.4, 0.5) is 0 Å². The highest BCUT2D eigenvalue weighted by molar-refractivity contribution is 6.30. The Kier molecular flexibility index (Phi) is 5.27. The Morgan fingerprint density at radius 3 is 2.29 bits per heavy atom. The summed E-state index contributed by atoms with van der Waals surface area (Å²) in [6.45, 7) is 6.41. The molecule has 0 aliphatic rings. The second-order valence-corrected chi connectivity index (χ2v) is 5.84. The van der Waals surface area contributed by atoms with Crippen molar-refractivity contribution in [3.8, 4) is 5.75 Å². The van der Waals surface area contributed by atoms with Gasteiger partial charge >= 0.3 is 0 Å². The topological polar surface area (TPSA) is 21.3 Å². The summed E-state index contributed by atoms with van der Waals surface area (Å²) >= 11 is 5.94. The summed E-state index contributed by atoms with van der Waals surface area (Å²) in [5, 5.41) is 4.37. The van der Waals surface area contributed by atoms with Crippen LogP contribution in [-0.2, 0) is 0 Å². The molecule has 2 aromatic rings. The van der Waals surface area contributed by atoms with Gasteiger partial charge in [0.25, 0.3) is 0 Å². The average molecular weight is 304 g/mol. The minimum atomic E-state index is 0.200. The molecule has 112 valence electrons. The van der Waals surface area contributed by atoms with Gasteiger partial charge in [0, 0.05) is 22.7 Å². The third-order valence-electron chi connectivity index (χ3n) is 3.72. The zero-order chi connectivity index (χ0) is 15.4. The molecular weight excluding hydrogens is 282 g/mol. The number of benzene rings is 2. The molecule has 2 atom stereocenters. The largest absolute Gasteiger partial charge is 0.496 e. The SMILES string of the molecule is COc1ccc(C)cc1C(C)N[C@@H](C)c1ccc(Cl)cc1. The molecule has 1 N–H and O–H groups in total. The number of methoxy groups -OCH3 is 1. The Morgan fingerprint density at radius 1 is 1.00 bits per heavy atom. The lowest BCUT2D eigenvalue weighted by molar-refractivity contribution is 0.396. The molecule has 0 bridgehead atoms. The Hall–Kier alpha value is -1.51. The van der Waals surface area contributed by atoms with Crippen molar-refractivity contribution < 1.29 is 4.74 Å². The van der Waals surface area contributed by atoms with Gasteiger partial charge in [-0.15, -0.1) is 0 Å². The van der Waals surface area contributed by atoms with Crippen LogP contribution in [0.25, 0.3) is 0 Å². The summed E-state index contributed by atoms with van der Waals surface area (Å²) in [4.78, 5) is 0. The van der Waals surface area contributed by atoms with Crippen molar-refractivity contribution in [3.05, 3.63) is 64.2 Å². The number of hydrogen-bond donors (Lipinski definition) is 1. The molecular formula is C18H22ClNO. The zero-order valence-electron chi connectivity index (χ0n) is 13.0. The molecule has 0 spiro atoms. The number of rotatable bonds is 5. The van der Waals surface area contributed by atoms with Crippen LogP contribution in [-0.4, -0.2) is 7.11 Å². The fourth-order valence-electron chi connectivity index (χ4n) is 2.50. The quantitative estimate of drug-likeness (QED) is 0.832. The van der Waals surface area contributed by atoms with Crippen LogP contribution in [0.3, 0.4) is 0 Å². The molecule has 0 radical (unpaired) electrons. The van der Waals surface area contributed by atoms with Crippen molar-refractivity contribution in [1.29, 1.82) is 0 Å². The van der Waals surface area contributed by atoms with E-state index in [1.54, 1.807) is 7.11 Å². The first-order valence-electron chi connectivity index (χ1n) is 7.17. The van der Waals surface area contributed by atoms with E-state index in [1.807, 2.05) is 18.2 Å². The standard InChI is InChI=1S/C18H22ClNO/c1-12-5-10-18(21-4)17(11-12)14(3)20-13(2)15-6-8-16(19)9-7-15/h5-11,13-14,20H,1-4H3/t13-,14?/m0/s1. The molecule has 0 saturated carbocycles. The third-order valence-corrected chi connectivity index (χ3v) is 3.97. The van der Waals surface area contributed by atoms with Gasteiger partial charge in [0.15, 0.2) is 0 Å². The Bertz CT molecular complexity index is 595. The fourth-order valence-corrected chi connectivity index (χ4v) is 2.63. The molecule has 0 amide bonds. The summed E-state index contributed by atoms with van der Waals surface area (Å²) in [7, 11) is 1.71. The molecule has 2 aromatic carbocycles. The highest BCUT2D eigenvalue weighted by Crippen LogP contribution is 2.28. The normalized spacial score (nSPS) is 13.8. The van der Waals surface area contributed by atoms with E-state index in [0.717, 1.165) is 10.8 Å². The van der Waals surface area contributed by atoms with E-state index >= 15 is 0 Å². The van der Waals surface area contributed by atoms with Gasteiger partial charge in [-0.1, -0.05) is 41.4 Å². The Balaban J connectivity index is 2.15. The number of halogens is 1. The van der Waals surface area contributed by atoms with Crippen molar-refractivity contribution in [2.45, 2.75) is 32.9 Å². The van der Waals surface area contributed by atoms with E-state index in [1.165, 1.54) is 16.7 Å². The first-order valence-corrected chi connectivity index (χ1v) is 7.55. The molecule has 21 heavy (non-hydrogen) atoms. The zero-order valence-corrected chi connectivity index (χ0v) is 13.7. The number of aryl methyl sites for hydroxylation is 1. The van der Waals surface area contributed by atoms with Crippen molar-refractivity contribution in [1.82, 2.24) is 5.32 Å². The highest BCUT2D eigenvalue weighted by Gasteiger charge is 2.15. The average Bonchev–Trinajstić information content (AvgIpc) is 2.47. The predicted octanol–water partition coefficient (Wildman–Crippen LogP) is 5.07. The molecule has 2 nitrogen and oxygen atoms in total. The van der Waals surface area contributed by atoms with Crippen LogP contribution in [0.1, 0.15) is 42.6 Å². The maximum absolute atomic E-state index is 5.94. The molecule has 1 unspecified atom stereocenters. The predicted molar refractivity (Wildman–Crippen MR) is 89.1 cm³/mol. The maximum atomic E-state index is 5.94. The van der Waals surface area contributed by atoms with Crippen molar-refractivity contribution >= 4 is 11.6 Å². The lowest BCUT2D eigenvalue weighted by atomic mass is 10.0. The van der Waals surface area contributed by atoms with Crippen molar-refractivity contribution in [2.75, 3.05) is 7.11 Å². The van der Waals surface area contributed by atoms with Crippen LogP contribution < -0.4 is 10.1 Å². The van der Waals surface area contributed by atoms with E-state index in [9.17, 15) is 0 Å². The van der Waals surface area contributed by atoms with Crippen LogP contribution >= 0.6 is 11.6 Å². The summed E-state index contributed by atoms with van der Waals surface area (Å²) in [5.41, 5.74) is 3.63. The van der Waals surface area contributed by atoms with E-state index in [2.05, 4.69) is 50.4 Å². The minimum Gasteiger partial charge on any atom is -0.496 e. The van der Waals surface area contributed by atoms with Gasteiger partial charge in [0.1, 0.15) is 5.75 Å². The third kappa shape index (κ3) is 3.99. The number of nitrogens with one attached hydrogen (secondary N) is 1. The van der Waals surface area contributed by atoms with Crippen molar-refractivity contribution in [3.63, 3.8) is 0 Å². The molecule has 0 fully saturated rings. The van der Waals surface area contributed by atoms with Gasteiger partial charge in [-0.25, -0.2) is 0 Å². The Labute approximate surface area is 132 Å². The molecule has 0 heterocycles. The monoisotopic (exact) mass is 303 g/mol. The molecule has 0 aliphatic heterocycles. The summed E-state index contributed by atoms with van der Waals surface area (Å²) in [6.07, 6.45) is 0. The summed E-state index contributed by atoms with van der Waals surface area (Å²) in [6, 6.07) is 14.7. The second kappa shape index (κ2) is 6.97. The minimum absolute atomic E-state index is 0.200. The van der Waals surface area contributed by atoms with E-state index in [-0.39, 0.29) is 12.1 Å². The highest BCUT2D eigenvalue weighted by atomic mass is 35.5. The van der Waals surface area contributed by atoms with Crippen LogP contribution in [0.5, 0.6) is 5.75 Å². The first-order chi connectivity index (χ1) is 10.0. The Morgan fingerprint density at radius 2 is 1.67 bits per heavy atom. The summed E-state index contributed by atoms with van der Waals surface area (Å²) < 4.78 is 5.47. The van der Waals surface area contributed by atoms with Gasteiger partial charge in [-0.3, -0.25) is 0 Å². The number of ether oxygens (including phenoxy) is 1. The lowest BCUT2D eigenvalue weighted by Crippen LogP contribution is -2.23. The van der Waals surface area contributed by atoms with Gasteiger partial charge in [-0.05, 0) is 44.5 Å². The van der Waals surface area contributed by atoms with E-state index in [0.29, 0.717) is 0 Å². The van der Waals surface area contributed by atoms with Crippen LogP contribution in [0.2, 0.25) is 5.02 Å². The summed E-state index contributed by atoms with van der Waals surface area (Å²) in [5.74, 6) is 0.920. The smallest absolute Gasteiger partial charge is 0.123 e. The van der Waals surface area contributed by atoms with E-state index in [4.69, 9.17) is 16.3 Å². The number of hydrogen-bond acceptors (Lipinski definition) is 2. The van der Waals surface area contributed by atoms with E-state index < -0.39 is 0 Å². The van der Waals surface area contributed by atoms with Gasteiger partial charge in [0.05, 0.1) is 7.11 Å². The van der Waals surface area contributed by atoms with Crippen LogP contribution in [0, 0.1) is 6.92 Å². The molecule has 0 saturated heterocycles. The van der Waals surface area contributed by atoms with Gasteiger partial charge in [0.2, 0.25) is 0 Å². The maximum Gasteiger partial charge on any atom is 0.123 e. The van der Waals surface area contributed by atoms with Crippen molar-refractivity contribution in [2.24, 2.45) is 0 Å².